The summed E-state index contributed by atoms with van der Waals surface area (Å²) in [5, 5.41) is 2.72. The van der Waals surface area contributed by atoms with E-state index in [0.717, 1.165) is 17.7 Å². The quantitative estimate of drug-likeness (QED) is 0.824. The molecule has 0 aromatic heterocycles. The average molecular weight is 360 g/mol. The van der Waals surface area contributed by atoms with Gasteiger partial charge in [0.05, 0.1) is 12.5 Å². The van der Waals surface area contributed by atoms with Crippen molar-refractivity contribution in [3.05, 3.63) is 71.3 Å². The molecule has 0 radical (unpaired) electrons. The Labute approximate surface area is 151 Å². The first-order valence-corrected chi connectivity index (χ1v) is 8.39. The second kappa shape index (κ2) is 9.08. The normalized spacial score (nSPS) is 11.7. The van der Waals surface area contributed by atoms with Gasteiger partial charge in [0.2, 0.25) is 11.8 Å². The van der Waals surface area contributed by atoms with Crippen molar-refractivity contribution in [3.63, 3.8) is 0 Å². The molecule has 0 aliphatic rings. The Bertz CT molecular complexity index is 766. The Morgan fingerprint density at radius 1 is 1.08 bits per heavy atom. The molecule has 0 saturated carbocycles. The molecular formula is C20H22F2N2O2. The monoisotopic (exact) mass is 360 g/mol. The lowest BCUT2D eigenvalue weighted by Crippen LogP contribution is -2.34. The first-order chi connectivity index (χ1) is 12.4. The molecule has 0 bridgehead atoms. The zero-order valence-corrected chi connectivity index (χ0v) is 14.8. The van der Waals surface area contributed by atoms with Gasteiger partial charge < -0.3 is 10.2 Å². The second-order valence-corrected chi connectivity index (χ2v) is 6.12. The van der Waals surface area contributed by atoms with E-state index in [1.165, 1.54) is 11.0 Å². The summed E-state index contributed by atoms with van der Waals surface area (Å²) in [6.45, 7) is 1.96. The molecule has 1 atom stereocenters. The van der Waals surface area contributed by atoms with E-state index in [-0.39, 0.29) is 31.2 Å². The topological polar surface area (TPSA) is 49.4 Å². The Hall–Kier alpha value is -2.76. The number of carbonyl (C=O) groups is 2. The number of carbonyl (C=O) groups excluding carboxylic acids is 2. The van der Waals surface area contributed by atoms with E-state index in [9.17, 15) is 18.4 Å². The molecule has 0 aliphatic heterocycles. The highest BCUT2D eigenvalue weighted by Gasteiger charge is 2.18. The summed E-state index contributed by atoms with van der Waals surface area (Å²) >= 11 is 0. The van der Waals surface area contributed by atoms with Crippen LogP contribution < -0.4 is 5.32 Å². The van der Waals surface area contributed by atoms with Gasteiger partial charge in [-0.2, -0.15) is 0 Å². The molecule has 2 rings (SSSR count). The van der Waals surface area contributed by atoms with Crippen LogP contribution in [0.5, 0.6) is 0 Å². The molecule has 1 N–H and O–H groups in total. The minimum Gasteiger partial charge on any atom is -0.355 e. The van der Waals surface area contributed by atoms with E-state index in [1.54, 1.807) is 14.0 Å². The largest absolute Gasteiger partial charge is 0.355 e. The summed E-state index contributed by atoms with van der Waals surface area (Å²) in [6.07, 6.45) is 0.390. The highest BCUT2D eigenvalue weighted by atomic mass is 19.2. The maximum Gasteiger partial charge on any atom is 0.224 e. The van der Waals surface area contributed by atoms with Crippen molar-refractivity contribution in [2.45, 2.75) is 25.8 Å². The molecule has 2 aromatic carbocycles. The third kappa shape index (κ3) is 5.37. The molecule has 4 nitrogen and oxygen atoms in total. The molecule has 26 heavy (non-hydrogen) atoms. The van der Waals surface area contributed by atoms with Gasteiger partial charge in [0.15, 0.2) is 11.6 Å². The van der Waals surface area contributed by atoms with Gasteiger partial charge >= 0.3 is 0 Å². The Balaban J connectivity index is 1.81. The fourth-order valence-electron chi connectivity index (χ4n) is 2.54. The summed E-state index contributed by atoms with van der Waals surface area (Å²) in [5.74, 6) is -2.21. The fraction of sp³-hybridized carbons (Fsp3) is 0.300. The van der Waals surface area contributed by atoms with Crippen LogP contribution in [0.2, 0.25) is 0 Å². The lowest BCUT2D eigenvalue weighted by molar-refractivity contribution is -0.131. The smallest absolute Gasteiger partial charge is 0.224 e. The van der Waals surface area contributed by atoms with E-state index >= 15 is 0 Å². The summed E-state index contributed by atoms with van der Waals surface area (Å²) in [6, 6.07) is 12.5. The first kappa shape index (κ1) is 19.6. The van der Waals surface area contributed by atoms with Gasteiger partial charge in [-0.05, 0) is 30.2 Å². The van der Waals surface area contributed by atoms with Gasteiger partial charge in [-0.3, -0.25) is 9.59 Å². The molecule has 0 saturated heterocycles. The van der Waals surface area contributed by atoms with Crippen molar-refractivity contribution in [3.8, 4) is 0 Å². The Kier molecular flexibility index (Phi) is 6.83. The van der Waals surface area contributed by atoms with Crippen LogP contribution in [0, 0.1) is 11.6 Å². The van der Waals surface area contributed by atoms with Gasteiger partial charge in [-0.15, -0.1) is 0 Å². The number of rotatable bonds is 7. The van der Waals surface area contributed by atoms with E-state index in [4.69, 9.17) is 0 Å². The minimum absolute atomic E-state index is 0.130. The van der Waals surface area contributed by atoms with E-state index in [2.05, 4.69) is 5.32 Å². The molecule has 2 amide bonds. The van der Waals surface area contributed by atoms with Crippen LogP contribution >= 0.6 is 0 Å². The van der Waals surface area contributed by atoms with Gasteiger partial charge in [-0.25, -0.2) is 8.78 Å². The van der Waals surface area contributed by atoms with E-state index in [0.29, 0.717) is 5.56 Å². The van der Waals surface area contributed by atoms with Crippen molar-refractivity contribution >= 4 is 11.8 Å². The zero-order chi connectivity index (χ0) is 19.1. The summed E-state index contributed by atoms with van der Waals surface area (Å²) < 4.78 is 26.4. The first-order valence-electron chi connectivity index (χ1n) is 8.39. The molecular weight excluding hydrogens is 338 g/mol. The van der Waals surface area contributed by atoms with Gasteiger partial charge in [0.1, 0.15) is 0 Å². The molecule has 0 fully saturated rings. The predicted molar refractivity (Wildman–Crippen MR) is 95.3 cm³/mol. The number of benzene rings is 2. The average Bonchev–Trinajstić information content (AvgIpc) is 2.63. The summed E-state index contributed by atoms with van der Waals surface area (Å²) in [7, 11) is 1.60. The fourth-order valence-corrected chi connectivity index (χ4v) is 2.54. The van der Waals surface area contributed by atoms with Crippen LogP contribution in [0.1, 0.15) is 30.5 Å². The number of amides is 2. The number of hydrogen-bond donors (Lipinski definition) is 1. The van der Waals surface area contributed by atoms with Crippen molar-refractivity contribution in [2.24, 2.45) is 0 Å². The van der Waals surface area contributed by atoms with Crippen molar-refractivity contribution in [1.29, 1.82) is 0 Å². The number of hydrogen-bond acceptors (Lipinski definition) is 2. The lowest BCUT2D eigenvalue weighted by atomic mass is 10.1. The van der Waals surface area contributed by atoms with E-state index < -0.39 is 17.7 Å². The van der Waals surface area contributed by atoms with Crippen molar-refractivity contribution in [2.75, 3.05) is 13.6 Å². The van der Waals surface area contributed by atoms with Crippen LogP contribution in [-0.2, 0) is 16.0 Å². The standard InChI is InChI=1S/C20H22F2N2O2/c1-14(16-8-9-17(21)18(22)13-16)24(2)20(26)10-11-23-19(25)12-15-6-4-3-5-7-15/h3-9,13-14H,10-12H2,1-2H3,(H,23,25). The maximum absolute atomic E-state index is 13.3. The summed E-state index contributed by atoms with van der Waals surface area (Å²) in [5.41, 5.74) is 1.41. The number of nitrogens with one attached hydrogen (secondary N) is 1. The highest BCUT2D eigenvalue weighted by Crippen LogP contribution is 2.21. The second-order valence-electron chi connectivity index (χ2n) is 6.12. The minimum atomic E-state index is -0.941. The highest BCUT2D eigenvalue weighted by molar-refractivity contribution is 5.80. The Morgan fingerprint density at radius 3 is 2.42 bits per heavy atom. The molecule has 0 aliphatic carbocycles. The molecule has 0 heterocycles. The summed E-state index contributed by atoms with van der Waals surface area (Å²) in [4.78, 5) is 25.6. The van der Waals surface area contributed by atoms with Crippen molar-refractivity contribution < 1.29 is 18.4 Å². The maximum atomic E-state index is 13.3. The van der Waals surface area contributed by atoms with Crippen LogP contribution in [-0.4, -0.2) is 30.3 Å². The van der Waals surface area contributed by atoms with Gasteiger partial charge in [-0.1, -0.05) is 36.4 Å². The third-order valence-corrected chi connectivity index (χ3v) is 4.27. The molecule has 2 aromatic rings. The van der Waals surface area contributed by atoms with Crippen molar-refractivity contribution in [1.82, 2.24) is 10.2 Å². The molecule has 6 heteroatoms. The van der Waals surface area contributed by atoms with E-state index in [1.807, 2.05) is 30.3 Å². The molecule has 0 spiro atoms. The molecule has 1 unspecified atom stereocenters. The third-order valence-electron chi connectivity index (χ3n) is 4.27. The molecule has 138 valence electrons. The van der Waals surface area contributed by atoms with Crippen LogP contribution in [0.15, 0.2) is 48.5 Å². The van der Waals surface area contributed by atoms with Crippen LogP contribution in [0.25, 0.3) is 0 Å². The van der Waals surface area contributed by atoms with Gasteiger partial charge in [0, 0.05) is 20.0 Å². The Morgan fingerprint density at radius 2 is 1.77 bits per heavy atom. The number of nitrogens with zero attached hydrogens (tertiary/aromatic N) is 1. The SMILES string of the molecule is CC(c1ccc(F)c(F)c1)N(C)C(=O)CCNC(=O)Cc1ccccc1. The van der Waals surface area contributed by atoms with Crippen LogP contribution in [0.3, 0.4) is 0 Å². The van der Waals surface area contributed by atoms with Gasteiger partial charge in [0.25, 0.3) is 0 Å². The zero-order valence-electron chi connectivity index (χ0n) is 14.8. The predicted octanol–water partition coefficient (Wildman–Crippen LogP) is 3.23. The van der Waals surface area contributed by atoms with Crippen LogP contribution in [0.4, 0.5) is 8.78 Å². The number of halogens is 2. The lowest BCUT2D eigenvalue weighted by Gasteiger charge is -2.25.